The smallest absolute Gasteiger partial charge is 0.336 e. The van der Waals surface area contributed by atoms with Crippen LogP contribution in [0.15, 0.2) is 36.4 Å². The van der Waals surface area contributed by atoms with Gasteiger partial charge < -0.3 is 10.0 Å². The van der Waals surface area contributed by atoms with Gasteiger partial charge in [-0.2, -0.15) is 0 Å². The van der Waals surface area contributed by atoms with Crippen LogP contribution in [-0.2, 0) is 0 Å². The molecule has 2 aromatic carbocycles. The van der Waals surface area contributed by atoms with Crippen LogP contribution in [0.1, 0.15) is 34.6 Å². The summed E-state index contributed by atoms with van der Waals surface area (Å²) < 4.78 is 0. The Hall–Kier alpha value is -2.36. The number of carboxylic acid groups (broad SMARTS) is 1. The number of aromatic carboxylic acids is 1. The van der Waals surface area contributed by atoms with Crippen LogP contribution in [0.25, 0.3) is 10.8 Å². The maximum absolute atomic E-state index is 12.5. The number of amides is 1. The molecule has 20 heavy (non-hydrogen) atoms. The Labute approximate surface area is 117 Å². The van der Waals surface area contributed by atoms with Gasteiger partial charge in [0, 0.05) is 18.7 Å². The van der Waals surface area contributed by atoms with Gasteiger partial charge >= 0.3 is 5.97 Å². The lowest BCUT2D eigenvalue weighted by molar-refractivity contribution is 0.0697. The van der Waals surface area contributed by atoms with Gasteiger partial charge in [-0.1, -0.05) is 24.3 Å². The molecule has 0 unspecified atom stereocenters. The predicted octanol–water partition coefficient (Wildman–Crippen LogP) is 3.02. The summed E-state index contributed by atoms with van der Waals surface area (Å²) in [5.41, 5.74) is 0.769. The topological polar surface area (TPSA) is 57.6 Å². The van der Waals surface area contributed by atoms with E-state index >= 15 is 0 Å². The number of hydrogen-bond acceptors (Lipinski definition) is 2. The van der Waals surface area contributed by atoms with Crippen molar-refractivity contribution >= 4 is 22.6 Å². The summed E-state index contributed by atoms with van der Waals surface area (Å²) >= 11 is 0. The number of carboxylic acids is 1. The SMILES string of the molecule is CCN(CC)C(=O)c1cccc2c(C(=O)O)cccc12. The molecule has 0 aliphatic heterocycles. The number of carbonyl (C=O) groups is 2. The first kappa shape index (κ1) is 14.1. The lowest BCUT2D eigenvalue weighted by Gasteiger charge is -2.19. The van der Waals surface area contributed by atoms with Crippen molar-refractivity contribution in [1.29, 1.82) is 0 Å². The van der Waals surface area contributed by atoms with Crippen molar-refractivity contribution < 1.29 is 14.7 Å². The van der Waals surface area contributed by atoms with E-state index in [0.717, 1.165) is 0 Å². The van der Waals surface area contributed by atoms with E-state index in [0.29, 0.717) is 29.4 Å². The van der Waals surface area contributed by atoms with Crippen LogP contribution in [0.5, 0.6) is 0 Å². The van der Waals surface area contributed by atoms with Crippen LogP contribution in [0.4, 0.5) is 0 Å². The van der Waals surface area contributed by atoms with Gasteiger partial charge in [0.2, 0.25) is 0 Å². The van der Waals surface area contributed by atoms with Gasteiger partial charge in [0.05, 0.1) is 5.56 Å². The van der Waals surface area contributed by atoms with E-state index < -0.39 is 5.97 Å². The molecular weight excluding hydrogens is 254 g/mol. The monoisotopic (exact) mass is 271 g/mol. The van der Waals surface area contributed by atoms with Crippen LogP contribution >= 0.6 is 0 Å². The van der Waals surface area contributed by atoms with Gasteiger partial charge in [-0.25, -0.2) is 4.79 Å². The molecule has 104 valence electrons. The standard InChI is InChI=1S/C16H17NO3/c1-3-17(4-2)15(18)13-9-5-8-12-11(13)7-6-10-14(12)16(19)20/h5-10H,3-4H2,1-2H3,(H,19,20). The first-order chi connectivity index (χ1) is 9.60. The van der Waals surface area contributed by atoms with Crippen molar-refractivity contribution in [2.24, 2.45) is 0 Å². The summed E-state index contributed by atoms with van der Waals surface area (Å²) in [4.78, 5) is 25.5. The summed E-state index contributed by atoms with van der Waals surface area (Å²) in [6.07, 6.45) is 0. The molecule has 0 spiro atoms. The minimum absolute atomic E-state index is 0.0665. The number of carbonyl (C=O) groups excluding carboxylic acids is 1. The Bertz CT molecular complexity index is 660. The van der Waals surface area contributed by atoms with E-state index in [1.165, 1.54) is 0 Å². The summed E-state index contributed by atoms with van der Waals surface area (Å²) in [5.74, 6) is -1.05. The van der Waals surface area contributed by atoms with Crippen molar-refractivity contribution in [3.63, 3.8) is 0 Å². The summed E-state index contributed by atoms with van der Waals surface area (Å²) in [7, 11) is 0. The Morgan fingerprint density at radius 2 is 1.45 bits per heavy atom. The second-order valence-corrected chi connectivity index (χ2v) is 4.49. The molecule has 2 rings (SSSR count). The zero-order chi connectivity index (χ0) is 14.7. The third kappa shape index (κ3) is 2.37. The lowest BCUT2D eigenvalue weighted by atomic mass is 9.99. The molecule has 0 aliphatic rings. The van der Waals surface area contributed by atoms with Gasteiger partial charge in [-0.3, -0.25) is 4.79 Å². The maximum Gasteiger partial charge on any atom is 0.336 e. The van der Waals surface area contributed by atoms with E-state index in [4.69, 9.17) is 0 Å². The van der Waals surface area contributed by atoms with E-state index in [1.807, 2.05) is 13.8 Å². The molecule has 0 fully saturated rings. The summed E-state index contributed by atoms with van der Waals surface area (Å²) in [6, 6.07) is 10.2. The third-order valence-electron chi connectivity index (χ3n) is 3.43. The average molecular weight is 271 g/mol. The molecule has 0 aromatic heterocycles. The second kappa shape index (κ2) is 5.74. The van der Waals surface area contributed by atoms with Crippen molar-refractivity contribution in [2.45, 2.75) is 13.8 Å². The highest BCUT2D eigenvalue weighted by atomic mass is 16.4. The Morgan fingerprint density at radius 1 is 0.950 bits per heavy atom. The first-order valence-corrected chi connectivity index (χ1v) is 6.64. The van der Waals surface area contributed by atoms with Crippen molar-refractivity contribution in [1.82, 2.24) is 4.90 Å². The van der Waals surface area contributed by atoms with Crippen molar-refractivity contribution in [3.05, 3.63) is 47.5 Å². The fraction of sp³-hybridized carbons (Fsp3) is 0.250. The Morgan fingerprint density at radius 3 is 1.95 bits per heavy atom. The molecule has 4 heteroatoms. The molecule has 1 amide bonds. The third-order valence-corrected chi connectivity index (χ3v) is 3.43. The van der Waals surface area contributed by atoms with Gasteiger partial charge in [-0.15, -0.1) is 0 Å². The zero-order valence-electron chi connectivity index (χ0n) is 11.6. The Kier molecular flexibility index (Phi) is 4.03. The predicted molar refractivity (Wildman–Crippen MR) is 78.2 cm³/mol. The van der Waals surface area contributed by atoms with E-state index in [1.54, 1.807) is 41.3 Å². The molecule has 1 N–H and O–H groups in total. The molecule has 0 saturated heterocycles. The molecule has 2 aromatic rings. The summed E-state index contributed by atoms with van der Waals surface area (Å²) in [6.45, 7) is 5.11. The second-order valence-electron chi connectivity index (χ2n) is 4.49. The quantitative estimate of drug-likeness (QED) is 0.930. The highest BCUT2D eigenvalue weighted by Gasteiger charge is 2.17. The number of rotatable bonds is 4. The fourth-order valence-electron chi connectivity index (χ4n) is 2.36. The highest BCUT2D eigenvalue weighted by Crippen LogP contribution is 2.23. The van der Waals surface area contributed by atoms with E-state index in [9.17, 15) is 14.7 Å². The molecule has 0 radical (unpaired) electrons. The minimum Gasteiger partial charge on any atom is -0.478 e. The van der Waals surface area contributed by atoms with Crippen LogP contribution < -0.4 is 0 Å². The van der Waals surface area contributed by atoms with Crippen molar-refractivity contribution in [2.75, 3.05) is 13.1 Å². The van der Waals surface area contributed by atoms with Gasteiger partial charge in [0.15, 0.2) is 0 Å². The maximum atomic E-state index is 12.5. The fourth-order valence-corrected chi connectivity index (χ4v) is 2.36. The number of benzene rings is 2. The first-order valence-electron chi connectivity index (χ1n) is 6.64. The lowest BCUT2D eigenvalue weighted by Crippen LogP contribution is -2.30. The highest BCUT2D eigenvalue weighted by molar-refractivity contribution is 6.12. The number of fused-ring (bicyclic) bond motifs is 1. The zero-order valence-corrected chi connectivity index (χ0v) is 11.6. The molecular formula is C16H17NO3. The molecule has 0 atom stereocenters. The molecule has 0 bridgehead atoms. The average Bonchev–Trinajstić information content (AvgIpc) is 2.46. The largest absolute Gasteiger partial charge is 0.478 e. The molecule has 0 heterocycles. The molecule has 0 aliphatic carbocycles. The van der Waals surface area contributed by atoms with Gasteiger partial charge in [-0.05, 0) is 36.8 Å². The normalized spacial score (nSPS) is 10.5. The minimum atomic E-state index is -0.983. The van der Waals surface area contributed by atoms with Crippen LogP contribution in [0, 0.1) is 0 Å². The van der Waals surface area contributed by atoms with Crippen LogP contribution in [-0.4, -0.2) is 35.0 Å². The molecule has 0 saturated carbocycles. The van der Waals surface area contributed by atoms with Gasteiger partial charge in [0.25, 0.3) is 5.91 Å². The molecule has 4 nitrogen and oxygen atoms in total. The van der Waals surface area contributed by atoms with Crippen LogP contribution in [0.2, 0.25) is 0 Å². The van der Waals surface area contributed by atoms with Gasteiger partial charge in [0.1, 0.15) is 0 Å². The van der Waals surface area contributed by atoms with E-state index in [2.05, 4.69) is 0 Å². The van der Waals surface area contributed by atoms with Crippen LogP contribution in [0.3, 0.4) is 0 Å². The van der Waals surface area contributed by atoms with Crippen molar-refractivity contribution in [3.8, 4) is 0 Å². The van der Waals surface area contributed by atoms with E-state index in [-0.39, 0.29) is 11.5 Å². The number of hydrogen-bond donors (Lipinski definition) is 1. The Balaban J connectivity index is 2.64. The summed E-state index contributed by atoms with van der Waals surface area (Å²) in [5, 5.41) is 10.5. The number of nitrogens with zero attached hydrogens (tertiary/aromatic N) is 1.